The summed E-state index contributed by atoms with van der Waals surface area (Å²) < 4.78 is 0. The van der Waals surface area contributed by atoms with Crippen LogP contribution in [-0.4, -0.2) is 12.3 Å². The van der Waals surface area contributed by atoms with Crippen molar-refractivity contribution < 1.29 is 4.79 Å². The zero-order valence-corrected chi connectivity index (χ0v) is 11.6. The third-order valence-corrected chi connectivity index (χ3v) is 4.00. The molecule has 4 heteroatoms. The average molecular weight is 292 g/mol. The van der Waals surface area contributed by atoms with Crippen LogP contribution in [0.2, 0.25) is 10.0 Å². The molecule has 0 aromatic heterocycles. The summed E-state index contributed by atoms with van der Waals surface area (Å²) in [4.78, 5) is 12.4. The normalized spacial score (nSPS) is 12.9. The molecule has 0 radical (unpaired) electrons. The molecule has 3 rings (SSSR count). The van der Waals surface area contributed by atoms with Gasteiger partial charge in [-0.05, 0) is 36.2 Å². The Kier molecular flexibility index (Phi) is 3.21. The second kappa shape index (κ2) is 4.87. The minimum Gasteiger partial charge on any atom is -0.384 e. The van der Waals surface area contributed by atoms with Gasteiger partial charge in [0.1, 0.15) is 0 Å². The Morgan fingerprint density at radius 2 is 1.74 bits per heavy atom. The fraction of sp³-hybridized carbons (Fsp3) is 0.133. The van der Waals surface area contributed by atoms with E-state index in [4.69, 9.17) is 23.2 Å². The Labute approximate surface area is 121 Å². The van der Waals surface area contributed by atoms with Crippen molar-refractivity contribution in [3.63, 3.8) is 0 Å². The van der Waals surface area contributed by atoms with E-state index in [2.05, 4.69) is 5.32 Å². The Hall–Kier alpha value is -1.51. The molecule has 0 atom stereocenters. The Bertz CT molecular complexity index is 667. The minimum atomic E-state index is -0.0462. The van der Waals surface area contributed by atoms with E-state index in [1.165, 1.54) is 5.56 Å². The summed E-state index contributed by atoms with van der Waals surface area (Å²) >= 11 is 11.8. The molecule has 2 aromatic carbocycles. The van der Waals surface area contributed by atoms with Gasteiger partial charge < -0.3 is 5.32 Å². The predicted octanol–water partition coefficient (Wildman–Crippen LogP) is 4.19. The molecule has 19 heavy (non-hydrogen) atoms. The smallest absolute Gasteiger partial charge is 0.193 e. The van der Waals surface area contributed by atoms with Gasteiger partial charge in [-0.25, -0.2) is 0 Å². The number of rotatable bonds is 2. The topological polar surface area (TPSA) is 29.1 Å². The van der Waals surface area contributed by atoms with Crippen LogP contribution in [0.1, 0.15) is 21.5 Å². The SMILES string of the molecule is O=C(c1ccc(Cl)c(Cl)c1)c1ccc2c(c1)NCC2. The van der Waals surface area contributed by atoms with Gasteiger partial charge in [-0.1, -0.05) is 35.3 Å². The van der Waals surface area contributed by atoms with Crippen LogP contribution in [-0.2, 0) is 6.42 Å². The fourth-order valence-corrected chi connectivity index (χ4v) is 2.53. The van der Waals surface area contributed by atoms with Gasteiger partial charge in [0, 0.05) is 23.4 Å². The summed E-state index contributed by atoms with van der Waals surface area (Å²) in [5.41, 5.74) is 3.51. The molecule has 0 amide bonds. The van der Waals surface area contributed by atoms with Crippen molar-refractivity contribution >= 4 is 34.7 Å². The average Bonchev–Trinajstić information content (AvgIpc) is 2.88. The molecule has 0 saturated carbocycles. The number of benzene rings is 2. The molecule has 1 aliphatic heterocycles. The van der Waals surface area contributed by atoms with Crippen LogP contribution in [0.3, 0.4) is 0 Å². The van der Waals surface area contributed by atoms with Crippen molar-refractivity contribution in [2.24, 2.45) is 0 Å². The monoisotopic (exact) mass is 291 g/mol. The van der Waals surface area contributed by atoms with Gasteiger partial charge in [-0.2, -0.15) is 0 Å². The lowest BCUT2D eigenvalue weighted by Gasteiger charge is -2.05. The molecule has 2 aromatic rings. The van der Waals surface area contributed by atoms with Gasteiger partial charge in [-0.3, -0.25) is 4.79 Å². The van der Waals surface area contributed by atoms with E-state index >= 15 is 0 Å². The van der Waals surface area contributed by atoms with E-state index in [1.54, 1.807) is 18.2 Å². The van der Waals surface area contributed by atoms with Crippen LogP contribution < -0.4 is 5.32 Å². The van der Waals surface area contributed by atoms with E-state index in [-0.39, 0.29) is 5.78 Å². The maximum atomic E-state index is 12.4. The second-order valence-electron chi connectivity index (χ2n) is 4.51. The van der Waals surface area contributed by atoms with E-state index < -0.39 is 0 Å². The molecule has 0 fully saturated rings. The number of anilines is 1. The van der Waals surface area contributed by atoms with Crippen LogP contribution in [0, 0.1) is 0 Å². The molecule has 2 nitrogen and oxygen atoms in total. The van der Waals surface area contributed by atoms with Crippen LogP contribution in [0.5, 0.6) is 0 Å². The largest absolute Gasteiger partial charge is 0.384 e. The van der Waals surface area contributed by atoms with Gasteiger partial charge in [0.2, 0.25) is 0 Å². The van der Waals surface area contributed by atoms with Crippen molar-refractivity contribution in [3.05, 3.63) is 63.1 Å². The van der Waals surface area contributed by atoms with Crippen molar-refractivity contribution in [2.45, 2.75) is 6.42 Å². The molecular weight excluding hydrogens is 281 g/mol. The maximum absolute atomic E-state index is 12.4. The molecule has 1 heterocycles. The van der Waals surface area contributed by atoms with Crippen LogP contribution in [0.4, 0.5) is 5.69 Å². The summed E-state index contributed by atoms with van der Waals surface area (Å²) in [5.74, 6) is -0.0462. The quantitative estimate of drug-likeness (QED) is 0.841. The zero-order valence-electron chi connectivity index (χ0n) is 10.0. The first-order valence-electron chi connectivity index (χ1n) is 6.02. The Balaban J connectivity index is 1.97. The van der Waals surface area contributed by atoms with Crippen molar-refractivity contribution in [3.8, 4) is 0 Å². The van der Waals surface area contributed by atoms with Gasteiger partial charge in [0.15, 0.2) is 5.78 Å². The van der Waals surface area contributed by atoms with Gasteiger partial charge in [-0.15, -0.1) is 0 Å². The molecule has 1 aliphatic rings. The third kappa shape index (κ3) is 2.34. The summed E-state index contributed by atoms with van der Waals surface area (Å²) in [5, 5.41) is 4.12. The number of ketones is 1. The van der Waals surface area contributed by atoms with Crippen LogP contribution in [0.25, 0.3) is 0 Å². The van der Waals surface area contributed by atoms with Gasteiger partial charge in [0.05, 0.1) is 10.0 Å². The van der Waals surface area contributed by atoms with Crippen molar-refractivity contribution in [1.29, 1.82) is 0 Å². The molecule has 1 N–H and O–H groups in total. The number of nitrogens with one attached hydrogen (secondary N) is 1. The highest BCUT2D eigenvalue weighted by Gasteiger charge is 2.15. The lowest BCUT2D eigenvalue weighted by atomic mass is 10.0. The number of fused-ring (bicyclic) bond motifs is 1. The highest BCUT2D eigenvalue weighted by Crippen LogP contribution is 2.27. The molecule has 0 spiro atoms. The highest BCUT2D eigenvalue weighted by molar-refractivity contribution is 6.42. The summed E-state index contributed by atoms with van der Waals surface area (Å²) in [7, 11) is 0. The third-order valence-electron chi connectivity index (χ3n) is 3.26. The zero-order chi connectivity index (χ0) is 13.4. The van der Waals surface area contributed by atoms with E-state index in [1.807, 2.05) is 18.2 Å². The molecule has 96 valence electrons. The summed E-state index contributed by atoms with van der Waals surface area (Å²) in [6, 6.07) is 10.7. The molecule has 0 aliphatic carbocycles. The Morgan fingerprint density at radius 3 is 2.53 bits per heavy atom. The first-order chi connectivity index (χ1) is 9.15. The number of carbonyl (C=O) groups excluding carboxylic acids is 1. The molecular formula is C15H11Cl2NO. The first kappa shape index (κ1) is 12.5. The van der Waals surface area contributed by atoms with E-state index in [0.717, 1.165) is 18.7 Å². The van der Waals surface area contributed by atoms with Crippen LogP contribution >= 0.6 is 23.2 Å². The van der Waals surface area contributed by atoms with E-state index in [0.29, 0.717) is 21.2 Å². The number of hydrogen-bond donors (Lipinski definition) is 1. The van der Waals surface area contributed by atoms with Gasteiger partial charge >= 0.3 is 0 Å². The Morgan fingerprint density at radius 1 is 1.00 bits per heavy atom. The van der Waals surface area contributed by atoms with E-state index in [9.17, 15) is 4.79 Å². The minimum absolute atomic E-state index is 0.0462. The molecule has 0 bridgehead atoms. The molecule has 0 saturated heterocycles. The second-order valence-corrected chi connectivity index (χ2v) is 5.32. The number of halogens is 2. The highest BCUT2D eigenvalue weighted by atomic mass is 35.5. The standard InChI is InChI=1S/C15H11Cl2NO/c16-12-4-3-10(7-13(12)17)15(19)11-2-1-9-5-6-18-14(9)8-11/h1-4,7-8,18H,5-6H2. The fourth-order valence-electron chi connectivity index (χ4n) is 2.24. The number of hydrogen-bond acceptors (Lipinski definition) is 2. The lowest BCUT2D eigenvalue weighted by molar-refractivity contribution is 0.103. The summed E-state index contributed by atoms with van der Waals surface area (Å²) in [6.07, 6.45) is 1.01. The summed E-state index contributed by atoms with van der Waals surface area (Å²) in [6.45, 7) is 0.930. The predicted molar refractivity (Wildman–Crippen MR) is 78.5 cm³/mol. The van der Waals surface area contributed by atoms with Crippen molar-refractivity contribution in [2.75, 3.05) is 11.9 Å². The van der Waals surface area contributed by atoms with Gasteiger partial charge in [0.25, 0.3) is 0 Å². The van der Waals surface area contributed by atoms with Crippen molar-refractivity contribution in [1.82, 2.24) is 0 Å². The first-order valence-corrected chi connectivity index (χ1v) is 6.77. The lowest BCUT2D eigenvalue weighted by Crippen LogP contribution is -2.02. The number of carbonyl (C=O) groups is 1. The molecule has 0 unspecified atom stereocenters. The van der Waals surface area contributed by atoms with Crippen LogP contribution in [0.15, 0.2) is 36.4 Å². The maximum Gasteiger partial charge on any atom is 0.193 e.